The molecule has 0 radical (unpaired) electrons. The number of amides is 1. The SMILES string of the molecule is CN(Cc1ccc(Cl)s1)C(=O)c1ccc(O)cc1F. The topological polar surface area (TPSA) is 40.5 Å². The van der Waals surface area contributed by atoms with Crippen LogP contribution >= 0.6 is 22.9 Å². The fourth-order valence-corrected chi connectivity index (χ4v) is 2.77. The summed E-state index contributed by atoms with van der Waals surface area (Å²) in [6, 6.07) is 7.05. The maximum atomic E-state index is 13.6. The molecule has 1 amide bonds. The van der Waals surface area contributed by atoms with Gasteiger partial charge in [-0.05, 0) is 24.3 Å². The molecule has 0 spiro atoms. The second kappa shape index (κ2) is 5.59. The summed E-state index contributed by atoms with van der Waals surface area (Å²) >= 11 is 7.18. The van der Waals surface area contributed by atoms with Crippen LogP contribution in [0.15, 0.2) is 30.3 Å². The molecule has 0 atom stereocenters. The summed E-state index contributed by atoms with van der Waals surface area (Å²) in [6.07, 6.45) is 0. The third kappa shape index (κ3) is 3.24. The van der Waals surface area contributed by atoms with E-state index in [0.29, 0.717) is 10.9 Å². The van der Waals surface area contributed by atoms with Gasteiger partial charge in [0.1, 0.15) is 11.6 Å². The fourth-order valence-electron chi connectivity index (χ4n) is 1.63. The zero-order valence-electron chi connectivity index (χ0n) is 10.1. The summed E-state index contributed by atoms with van der Waals surface area (Å²) in [7, 11) is 1.59. The quantitative estimate of drug-likeness (QED) is 0.942. The Morgan fingerprint density at radius 2 is 2.16 bits per heavy atom. The minimum Gasteiger partial charge on any atom is -0.508 e. The predicted octanol–water partition coefficient (Wildman–Crippen LogP) is 3.52. The Kier molecular flexibility index (Phi) is 4.07. The second-order valence-electron chi connectivity index (χ2n) is 4.03. The Balaban J connectivity index is 2.14. The third-order valence-corrected chi connectivity index (χ3v) is 3.77. The summed E-state index contributed by atoms with van der Waals surface area (Å²) in [4.78, 5) is 14.4. The molecule has 2 rings (SSSR count). The molecule has 0 unspecified atom stereocenters. The summed E-state index contributed by atoms with van der Waals surface area (Å²) in [6.45, 7) is 0.358. The van der Waals surface area contributed by atoms with Crippen LogP contribution in [0.3, 0.4) is 0 Å². The number of carbonyl (C=O) groups is 1. The number of halogens is 2. The molecule has 19 heavy (non-hydrogen) atoms. The van der Waals surface area contributed by atoms with Crippen molar-refractivity contribution in [3.63, 3.8) is 0 Å². The highest BCUT2D eigenvalue weighted by Gasteiger charge is 2.17. The largest absolute Gasteiger partial charge is 0.508 e. The van der Waals surface area contributed by atoms with E-state index in [1.807, 2.05) is 6.07 Å². The van der Waals surface area contributed by atoms with Gasteiger partial charge in [-0.2, -0.15) is 0 Å². The molecule has 0 saturated heterocycles. The predicted molar refractivity (Wildman–Crippen MR) is 73.2 cm³/mol. The molecule has 2 aromatic rings. The Labute approximate surface area is 118 Å². The molecule has 0 saturated carbocycles. The van der Waals surface area contributed by atoms with Crippen LogP contribution in [0, 0.1) is 5.82 Å². The zero-order chi connectivity index (χ0) is 14.0. The number of aromatic hydroxyl groups is 1. The molecule has 100 valence electrons. The van der Waals surface area contributed by atoms with E-state index in [0.717, 1.165) is 10.9 Å². The Morgan fingerprint density at radius 1 is 1.42 bits per heavy atom. The first kappa shape index (κ1) is 13.8. The zero-order valence-corrected chi connectivity index (χ0v) is 11.6. The van der Waals surface area contributed by atoms with Gasteiger partial charge in [-0.1, -0.05) is 11.6 Å². The molecule has 1 aromatic carbocycles. The number of benzene rings is 1. The van der Waals surface area contributed by atoms with Gasteiger partial charge >= 0.3 is 0 Å². The molecule has 0 fully saturated rings. The fraction of sp³-hybridized carbons (Fsp3) is 0.154. The highest BCUT2D eigenvalue weighted by Crippen LogP contribution is 2.23. The van der Waals surface area contributed by atoms with Crippen LogP contribution in [0.25, 0.3) is 0 Å². The van der Waals surface area contributed by atoms with Crippen molar-refractivity contribution in [2.45, 2.75) is 6.54 Å². The van der Waals surface area contributed by atoms with E-state index >= 15 is 0 Å². The first-order valence-corrected chi connectivity index (χ1v) is 6.65. The summed E-state index contributed by atoms with van der Waals surface area (Å²) in [5.41, 5.74) is -0.0667. The van der Waals surface area contributed by atoms with Gasteiger partial charge in [0.2, 0.25) is 0 Å². The van der Waals surface area contributed by atoms with Crippen LogP contribution in [0.4, 0.5) is 4.39 Å². The lowest BCUT2D eigenvalue weighted by molar-refractivity contribution is 0.0782. The van der Waals surface area contributed by atoms with Crippen LogP contribution in [-0.2, 0) is 6.54 Å². The molecule has 6 heteroatoms. The number of nitrogens with zero attached hydrogens (tertiary/aromatic N) is 1. The van der Waals surface area contributed by atoms with Crippen molar-refractivity contribution in [2.24, 2.45) is 0 Å². The van der Waals surface area contributed by atoms with Gasteiger partial charge in [-0.15, -0.1) is 11.3 Å². The monoisotopic (exact) mass is 299 g/mol. The van der Waals surface area contributed by atoms with E-state index in [2.05, 4.69) is 0 Å². The lowest BCUT2D eigenvalue weighted by Gasteiger charge is -2.16. The van der Waals surface area contributed by atoms with Crippen molar-refractivity contribution >= 4 is 28.8 Å². The van der Waals surface area contributed by atoms with Gasteiger partial charge in [0.05, 0.1) is 16.4 Å². The maximum absolute atomic E-state index is 13.6. The summed E-state index contributed by atoms with van der Waals surface area (Å²) in [5, 5.41) is 9.12. The van der Waals surface area contributed by atoms with Crippen molar-refractivity contribution in [3.05, 3.63) is 50.9 Å². The highest BCUT2D eigenvalue weighted by atomic mass is 35.5. The molecule has 0 aliphatic carbocycles. The van der Waals surface area contributed by atoms with Crippen molar-refractivity contribution in [1.29, 1.82) is 0 Å². The van der Waals surface area contributed by atoms with E-state index in [-0.39, 0.29) is 11.3 Å². The average molecular weight is 300 g/mol. The lowest BCUT2D eigenvalue weighted by Crippen LogP contribution is -2.26. The molecule has 1 N–H and O–H groups in total. The molecular weight excluding hydrogens is 289 g/mol. The third-order valence-electron chi connectivity index (χ3n) is 2.55. The van der Waals surface area contributed by atoms with E-state index in [1.165, 1.54) is 28.4 Å². The van der Waals surface area contributed by atoms with Gasteiger partial charge in [0.25, 0.3) is 5.91 Å². The van der Waals surface area contributed by atoms with Gasteiger partial charge in [0.15, 0.2) is 0 Å². The second-order valence-corrected chi connectivity index (χ2v) is 5.83. The molecule has 0 bridgehead atoms. The summed E-state index contributed by atoms with van der Waals surface area (Å²) in [5.74, 6) is -1.38. The standard InChI is InChI=1S/C13H11ClFNO2S/c1-16(7-9-3-5-12(14)19-9)13(18)10-4-2-8(17)6-11(10)15/h2-6,17H,7H2,1H3. The Bertz CT molecular complexity index is 614. The number of hydrogen-bond acceptors (Lipinski definition) is 3. The van der Waals surface area contributed by atoms with Crippen molar-refractivity contribution in [1.82, 2.24) is 4.90 Å². The minimum absolute atomic E-state index is 0.0667. The first-order chi connectivity index (χ1) is 8.97. The van der Waals surface area contributed by atoms with Crippen LogP contribution in [0.1, 0.15) is 15.2 Å². The van der Waals surface area contributed by atoms with Gasteiger partial charge in [-0.3, -0.25) is 4.79 Å². The highest BCUT2D eigenvalue weighted by molar-refractivity contribution is 7.16. The Hall–Kier alpha value is -1.59. The van der Waals surface area contributed by atoms with Crippen LogP contribution in [0.2, 0.25) is 4.34 Å². The number of thiophene rings is 1. The maximum Gasteiger partial charge on any atom is 0.256 e. The molecule has 1 heterocycles. The van der Waals surface area contributed by atoms with Crippen LogP contribution < -0.4 is 0 Å². The average Bonchev–Trinajstić information content (AvgIpc) is 2.74. The van der Waals surface area contributed by atoms with Gasteiger partial charge in [0, 0.05) is 18.0 Å². The normalized spacial score (nSPS) is 10.5. The first-order valence-electron chi connectivity index (χ1n) is 5.45. The number of carbonyl (C=O) groups excluding carboxylic acids is 1. The molecule has 0 aliphatic heterocycles. The van der Waals surface area contributed by atoms with Crippen molar-refractivity contribution in [3.8, 4) is 5.75 Å². The van der Waals surface area contributed by atoms with Crippen molar-refractivity contribution < 1.29 is 14.3 Å². The number of rotatable bonds is 3. The van der Waals surface area contributed by atoms with E-state index in [9.17, 15) is 9.18 Å². The van der Waals surface area contributed by atoms with E-state index < -0.39 is 11.7 Å². The molecule has 3 nitrogen and oxygen atoms in total. The summed E-state index contributed by atoms with van der Waals surface area (Å²) < 4.78 is 14.2. The molecular formula is C13H11ClFNO2S. The smallest absolute Gasteiger partial charge is 0.256 e. The van der Waals surface area contributed by atoms with Crippen LogP contribution in [-0.4, -0.2) is 23.0 Å². The molecule has 1 aromatic heterocycles. The van der Waals surface area contributed by atoms with Gasteiger partial charge in [-0.25, -0.2) is 4.39 Å². The van der Waals surface area contributed by atoms with Crippen molar-refractivity contribution in [2.75, 3.05) is 7.05 Å². The van der Waals surface area contributed by atoms with Crippen LogP contribution in [0.5, 0.6) is 5.75 Å². The van der Waals surface area contributed by atoms with Gasteiger partial charge < -0.3 is 10.0 Å². The lowest BCUT2D eigenvalue weighted by atomic mass is 10.2. The Morgan fingerprint density at radius 3 is 2.74 bits per heavy atom. The number of phenols is 1. The van der Waals surface area contributed by atoms with E-state index in [1.54, 1.807) is 13.1 Å². The minimum atomic E-state index is -0.735. The van der Waals surface area contributed by atoms with E-state index in [4.69, 9.17) is 16.7 Å². The number of phenolic OH excluding ortho intramolecular Hbond substituents is 1. The molecule has 0 aliphatic rings. The number of hydrogen-bond donors (Lipinski definition) is 1.